The molecule has 0 aromatic carbocycles. The first kappa shape index (κ1) is 7.29. The van der Waals surface area contributed by atoms with Gasteiger partial charge in [-0.2, -0.15) is 0 Å². The molecule has 1 rings (SSSR count). The summed E-state index contributed by atoms with van der Waals surface area (Å²) in [5.41, 5.74) is 0. The van der Waals surface area contributed by atoms with Crippen LogP contribution in [0.3, 0.4) is 0 Å². The van der Waals surface area contributed by atoms with Gasteiger partial charge in [0.25, 0.3) is 0 Å². The van der Waals surface area contributed by atoms with E-state index in [1.54, 1.807) is 0 Å². The number of halogens is 2. The van der Waals surface area contributed by atoms with E-state index in [0.29, 0.717) is 12.6 Å². The van der Waals surface area contributed by atoms with Crippen LogP contribution in [0.1, 0.15) is 13.3 Å². The van der Waals surface area contributed by atoms with Crippen molar-refractivity contribution in [3.63, 3.8) is 0 Å². The molecule has 0 radical (unpaired) electrons. The third-order valence-electron chi connectivity index (χ3n) is 1.63. The maximum Gasteiger partial charge on any atom is 0.129 e. The second kappa shape index (κ2) is 2.84. The van der Waals surface area contributed by atoms with Crippen LogP contribution in [0.2, 0.25) is 0 Å². The lowest BCUT2D eigenvalue weighted by Gasteiger charge is -2.26. The Labute approximate surface area is 59.6 Å². The normalized spacial score (nSPS) is 45.0. The van der Waals surface area contributed by atoms with E-state index < -0.39 is 6.17 Å². The van der Waals surface area contributed by atoms with Gasteiger partial charge in [0.2, 0.25) is 0 Å². The SMILES string of the molecule is CC1CC(Cl)C(F)CN1. The lowest BCUT2D eigenvalue weighted by molar-refractivity contribution is 0.244. The van der Waals surface area contributed by atoms with E-state index in [2.05, 4.69) is 5.32 Å². The van der Waals surface area contributed by atoms with Crippen molar-refractivity contribution in [1.82, 2.24) is 5.32 Å². The Morgan fingerprint density at radius 1 is 1.67 bits per heavy atom. The molecule has 1 saturated heterocycles. The second-order valence-electron chi connectivity index (χ2n) is 2.58. The van der Waals surface area contributed by atoms with Crippen molar-refractivity contribution < 1.29 is 4.39 Å². The molecule has 1 heterocycles. The molecule has 9 heavy (non-hydrogen) atoms. The van der Waals surface area contributed by atoms with E-state index in [-0.39, 0.29) is 5.38 Å². The maximum absolute atomic E-state index is 12.6. The van der Waals surface area contributed by atoms with Crippen LogP contribution in [0.15, 0.2) is 0 Å². The van der Waals surface area contributed by atoms with Crippen LogP contribution in [0.5, 0.6) is 0 Å². The Balaban J connectivity index is 2.35. The first-order valence-corrected chi connectivity index (χ1v) is 3.65. The molecular weight excluding hydrogens is 141 g/mol. The average Bonchev–Trinajstić information content (AvgIpc) is 1.80. The fraction of sp³-hybridized carbons (Fsp3) is 1.00. The van der Waals surface area contributed by atoms with E-state index in [0.717, 1.165) is 6.42 Å². The van der Waals surface area contributed by atoms with E-state index in [1.165, 1.54) is 0 Å². The predicted octanol–water partition coefficient (Wildman–Crippen LogP) is 1.31. The smallest absolute Gasteiger partial charge is 0.129 e. The largest absolute Gasteiger partial charge is 0.311 e. The first-order valence-electron chi connectivity index (χ1n) is 3.21. The minimum Gasteiger partial charge on any atom is -0.311 e. The average molecular weight is 152 g/mol. The second-order valence-corrected chi connectivity index (χ2v) is 3.14. The van der Waals surface area contributed by atoms with Gasteiger partial charge in [0, 0.05) is 12.6 Å². The Morgan fingerprint density at radius 2 is 2.33 bits per heavy atom. The van der Waals surface area contributed by atoms with Gasteiger partial charge < -0.3 is 5.32 Å². The van der Waals surface area contributed by atoms with Crippen molar-refractivity contribution >= 4 is 11.6 Å². The Hall–Kier alpha value is 0.180. The molecule has 0 amide bonds. The lowest BCUT2D eigenvalue weighted by Crippen LogP contribution is -2.44. The summed E-state index contributed by atoms with van der Waals surface area (Å²) in [5.74, 6) is 0. The summed E-state index contributed by atoms with van der Waals surface area (Å²) in [5, 5.41) is 2.73. The molecule has 0 aromatic heterocycles. The van der Waals surface area contributed by atoms with Crippen LogP contribution in [0, 0.1) is 0 Å². The molecule has 0 saturated carbocycles. The van der Waals surface area contributed by atoms with Crippen LogP contribution < -0.4 is 5.32 Å². The molecule has 3 atom stereocenters. The molecule has 54 valence electrons. The predicted molar refractivity (Wildman–Crippen MR) is 36.6 cm³/mol. The summed E-state index contributed by atoms with van der Waals surface area (Å²) < 4.78 is 12.6. The van der Waals surface area contributed by atoms with Crippen LogP contribution in [-0.2, 0) is 0 Å². The van der Waals surface area contributed by atoms with Crippen molar-refractivity contribution in [3.8, 4) is 0 Å². The van der Waals surface area contributed by atoms with Gasteiger partial charge in [-0.3, -0.25) is 0 Å². The number of alkyl halides is 2. The van der Waals surface area contributed by atoms with Crippen molar-refractivity contribution in [2.45, 2.75) is 30.9 Å². The maximum atomic E-state index is 12.6. The summed E-state index contributed by atoms with van der Waals surface area (Å²) >= 11 is 5.65. The minimum absolute atomic E-state index is 0.277. The van der Waals surface area contributed by atoms with Crippen molar-refractivity contribution in [2.24, 2.45) is 0 Å². The van der Waals surface area contributed by atoms with Gasteiger partial charge in [-0.1, -0.05) is 0 Å². The molecule has 0 bridgehead atoms. The molecule has 1 aliphatic rings. The molecule has 3 unspecified atom stereocenters. The summed E-state index contributed by atoms with van der Waals surface area (Å²) in [4.78, 5) is 0. The zero-order chi connectivity index (χ0) is 6.85. The molecule has 0 aromatic rings. The monoisotopic (exact) mass is 151 g/mol. The fourth-order valence-electron chi connectivity index (χ4n) is 1.01. The van der Waals surface area contributed by atoms with Crippen molar-refractivity contribution in [2.75, 3.05) is 6.54 Å². The van der Waals surface area contributed by atoms with Gasteiger partial charge in [-0.25, -0.2) is 4.39 Å². The molecule has 1 N–H and O–H groups in total. The molecular formula is C6H11ClFN. The minimum atomic E-state index is -0.858. The van der Waals surface area contributed by atoms with Gasteiger partial charge in [0.1, 0.15) is 6.17 Å². The van der Waals surface area contributed by atoms with Crippen LogP contribution in [0.25, 0.3) is 0 Å². The standard InChI is InChI=1S/C6H11ClFN/c1-4-2-5(7)6(8)3-9-4/h4-6,9H,2-3H2,1H3. The Kier molecular flexibility index (Phi) is 2.30. The highest BCUT2D eigenvalue weighted by atomic mass is 35.5. The lowest BCUT2D eigenvalue weighted by atomic mass is 10.1. The Bertz CT molecular complexity index is 99.1. The summed E-state index contributed by atoms with van der Waals surface area (Å²) in [7, 11) is 0. The highest BCUT2D eigenvalue weighted by Crippen LogP contribution is 2.17. The third-order valence-corrected chi connectivity index (χ3v) is 2.08. The number of hydrogen-bond donors (Lipinski definition) is 1. The fourth-order valence-corrected chi connectivity index (χ4v) is 1.37. The van der Waals surface area contributed by atoms with Gasteiger partial charge in [0.15, 0.2) is 0 Å². The highest BCUT2D eigenvalue weighted by Gasteiger charge is 2.25. The van der Waals surface area contributed by atoms with E-state index in [9.17, 15) is 4.39 Å². The van der Waals surface area contributed by atoms with Crippen molar-refractivity contribution in [1.29, 1.82) is 0 Å². The summed E-state index contributed by atoms with van der Waals surface area (Å²) in [6.45, 7) is 2.43. The number of nitrogens with one attached hydrogen (secondary N) is 1. The van der Waals surface area contributed by atoms with E-state index >= 15 is 0 Å². The zero-order valence-corrected chi connectivity index (χ0v) is 6.16. The van der Waals surface area contributed by atoms with Gasteiger partial charge >= 0.3 is 0 Å². The number of hydrogen-bond acceptors (Lipinski definition) is 1. The van der Waals surface area contributed by atoms with Gasteiger partial charge in [0.05, 0.1) is 5.38 Å². The molecule has 1 aliphatic heterocycles. The number of rotatable bonds is 0. The molecule has 3 heteroatoms. The topological polar surface area (TPSA) is 12.0 Å². The van der Waals surface area contributed by atoms with Crippen LogP contribution >= 0.6 is 11.6 Å². The molecule has 0 aliphatic carbocycles. The number of piperidine rings is 1. The van der Waals surface area contributed by atoms with E-state index in [4.69, 9.17) is 11.6 Å². The van der Waals surface area contributed by atoms with Crippen LogP contribution in [-0.4, -0.2) is 24.1 Å². The van der Waals surface area contributed by atoms with Gasteiger partial charge in [-0.05, 0) is 13.3 Å². The highest BCUT2D eigenvalue weighted by molar-refractivity contribution is 6.21. The van der Waals surface area contributed by atoms with Gasteiger partial charge in [-0.15, -0.1) is 11.6 Å². The quantitative estimate of drug-likeness (QED) is 0.515. The van der Waals surface area contributed by atoms with Crippen LogP contribution in [0.4, 0.5) is 4.39 Å². The molecule has 1 fully saturated rings. The van der Waals surface area contributed by atoms with Crippen molar-refractivity contribution in [3.05, 3.63) is 0 Å². The molecule has 1 nitrogen and oxygen atoms in total. The first-order chi connectivity index (χ1) is 4.20. The van der Waals surface area contributed by atoms with E-state index in [1.807, 2.05) is 6.92 Å². The Morgan fingerprint density at radius 3 is 2.78 bits per heavy atom. The third kappa shape index (κ3) is 1.80. The zero-order valence-electron chi connectivity index (χ0n) is 5.40. The summed E-state index contributed by atoms with van der Waals surface area (Å²) in [6, 6.07) is 0.375. The molecule has 0 spiro atoms. The summed E-state index contributed by atoms with van der Waals surface area (Å²) in [6.07, 6.45) is -0.120.